The van der Waals surface area contributed by atoms with Gasteiger partial charge in [0.2, 0.25) is 5.91 Å². The molecule has 0 radical (unpaired) electrons. The topological polar surface area (TPSA) is 29.5 Å². The summed E-state index contributed by atoms with van der Waals surface area (Å²) in [5.74, 6) is 1.60. The van der Waals surface area contributed by atoms with Gasteiger partial charge < -0.3 is 9.64 Å². The Morgan fingerprint density at radius 2 is 1.95 bits per heavy atom. The molecule has 0 aromatic heterocycles. The van der Waals surface area contributed by atoms with E-state index in [9.17, 15) is 4.79 Å². The molecule has 1 aromatic carbocycles. The van der Waals surface area contributed by atoms with E-state index in [2.05, 4.69) is 15.9 Å². The Hall–Kier alpha value is -1.03. The smallest absolute Gasteiger partial charge is 0.225 e. The number of hydrogen-bond acceptors (Lipinski definition) is 2. The fraction of sp³-hybridized carbons (Fsp3) is 0.533. The van der Waals surface area contributed by atoms with E-state index in [1.54, 1.807) is 7.11 Å². The van der Waals surface area contributed by atoms with E-state index < -0.39 is 0 Å². The largest absolute Gasteiger partial charge is 0.496 e. The molecule has 1 amide bonds. The Balaban J connectivity index is 1.84. The van der Waals surface area contributed by atoms with Gasteiger partial charge in [0.1, 0.15) is 5.75 Å². The molecule has 0 atom stereocenters. The molecule has 0 saturated heterocycles. The van der Waals surface area contributed by atoms with Crippen molar-refractivity contribution in [1.82, 2.24) is 4.90 Å². The van der Waals surface area contributed by atoms with Crippen LogP contribution >= 0.6 is 15.9 Å². The SMILES string of the molecule is COc1ccc(Br)c2c1CCN(C(=O)C1CC1)CC2. The van der Waals surface area contributed by atoms with Crippen molar-refractivity contribution >= 4 is 21.8 Å². The Morgan fingerprint density at radius 3 is 2.58 bits per heavy atom. The molecule has 1 fully saturated rings. The number of nitrogens with zero attached hydrogens (tertiary/aromatic N) is 1. The van der Waals surface area contributed by atoms with Crippen molar-refractivity contribution in [2.24, 2.45) is 5.92 Å². The molecule has 1 aliphatic heterocycles. The van der Waals surface area contributed by atoms with Crippen LogP contribution in [-0.4, -0.2) is 31.0 Å². The number of carbonyl (C=O) groups excluding carboxylic acids is 1. The zero-order valence-corrected chi connectivity index (χ0v) is 12.7. The highest BCUT2D eigenvalue weighted by Crippen LogP contribution is 2.34. The Labute approximate surface area is 122 Å². The molecule has 0 unspecified atom stereocenters. The summed E-state index contributed by atoms with van der Waals surface area (Å²) in [5.41, 5.74) is 2.55. The van der Waals surface area contributed by atoms with Gasteiger partial charge in [-0.25, -0.2) is 0 Å². The fourth-order valence-corrected chi connectivity index (χ4v) is 3.36. The van der Waals surface area contributed by atoms with Crippen LogP contribution in [0.1, 0.15) is 24.0 Å². The molecule has 19 heavy (non-hydrogen) atoms. The highest BCUT2D eigenvalue weighted by Gasteiger charge is 2.34. The molecule has 1 aromatic rings. The van der Waals surface area contributed by atoms with Crippen molar-refractivity contribution in [3.63, 3.8) is 0 Å². The third-order valence-electron chi connectivity index (χ3n) is 4.05. The van der Waals surface area contributed by atoms with Crippen LogP contribution in [0.3, 0.4) is 0 Å². The first kappa shape index (κ1) is 13.0. The summed E-state index contributed by atoms with van der Waals surface area (Å²) in [7, 11) is 1.71. The molecular weight excluding hydrogens is 306 g/mol. The fourth-order valence-electron chi connectivity index (χ4n) is 2.79. The van der Waals surface area contributed by atoms with Crippen LogP contribution in [0.25, 0.3) is 0 Å². The average molecular weight is 324 g/mol. The first-order valence-electron chi connectivity index (χ1n) is 6.83. The molecule has 0 N–H and O–H groups in total. The van der Waals surface area contributed by atoms with Gasteiger partial charge in [-0.05, 0) is 43.4 Å². The second-order valence-electron chi connectivity index (χ2n) is 5.31. The van der Waals surface area contributed by atoms with Crippen LogP contribution in [-0.2, 0) is 17.6 Å². The average Bonchev–Trinajstić information content (AvgIpc) is 3.25. The van der Waals surface area contributed by atoms with Crippen molar-refractivity contribution in [2.45, 2.75) is 25.7 Å². The van der Waals surface area contributed by atoms with E-state index in [-0.39, 0.29) is 0 Å². The van der Waals surface area contributed by atoms with Crippen LogP contribution < -0.4 is 4.74 Å². The number of benzene rings is 1. The molecular formula is C15H18BrNO2. The number of methoxy groups -OCH3 is 1. The number of halogens is 1. The van der Waals surface area contributed by atoms with Gasteiger partial charge >= 0.3 is 0 Å². The van der Waals surface area contributed by atoms with Gasteiger partial charge in [-0.3, -0.25) is 4.79 Å². The summed E-state index contributed by atoms with van der Waals surface area (Å²) in [6.07, 6.45) is 3.95. The third kappa shape index (κ3) is 2.50. The number of ether oxygens (including phenoxy) is 1. The van der Waals surface area contributed by atoms with Crippen molar-refractivity contribution in [3.05, 3.63) is 27.7 Å². The van der Waals surface area contributed by atoms with Gasteiger partial charge in [-0.15, -0.1) is 0 Å². The van der Waals surface area contributed by atoms with Crippen molar-refractivity contribution in [3.8, 4) is 5.75 Å². The summed E-state index contributed by atoms with van der Waals surface area (Å²) >= 11 is 3.62. The van der Waals surface area contributed by atoms with Crippen LogP contribution in [0.2, 0.25) is 0 Å². The molecule has 3 rings (SSSR count). The maximum atomic E-state index is 12.2. The first-order valence-corrected chi connectivity index (χ1v) is 7.63. The van der Waals surface area contributed by atoms with Gasteiger partial charge in [0.05, 0.1) is 7.11 Å². The second-order valence-corrected chi connectivity index (χ2v) is 6.16. The standard InChI is InChI=1S/C15H18BrNO2/c1-19-14-5-4-13(16)11-6-8-17(9-7-12(11)14)15(18)10-2-3-10/h4-5,10H,2-3,6-9H2,1H3. The van der Waals surface area contributed by atoms with E-state index in [1.165, 1.54) is 11.1 Å². The maximum Gasteiger partial charge on any atom is 0.225 e. The quantitative estimate of drug-likeness (QED) is 0.837. The lowest BCUT2D eigenvalue weighted by atomic mass is 10.0. The van der Waals surface area contributed by atoms with Gasteiger partial charge in [0.15, 0.2) is 0 Å². The summed E-state index contributed by atoms with van der Waals surface area (Å²) in [6.45, 7) is 1.64. The molecule has 0 spiro atoms. The number of hydrogen-bond donors (Lipinski definition) is 0. The summed E-state index contributed by atoms with van der Waals surface area (Å²) in [6, 6.07) is 4.04. The first-order chi connectivity index (χ1) is 9.20. The lowest BCUT2D eigenvalue weighted by molar-refractivity contribution is -0.132. The molecule has 102 valence electrons. The van der Waals surface area contributed by atoms with E-state index in [1.807, 2.05) is 17.0 Å². The molecule has 1 saturated carbocycles. The van der Waals surface area contributed by atoms with Crippen LogP contribution in [0, 0.1) is 5.92 Å². The summed E-state index contributed by atoms with van der Waals surface area (Å²) < 4.78 is 6.58. The van der Waals surface area contributed by atoms with E-state index in [0.29, 0.717) is 11.8 Å². The molecule has 1 aliphatic carbocycles. The minimum absolute atomic E-state index is 0.312. The van der Waals surface area contributed by atoms with Crippen molar-refractivity contribution in [1.29, 1.82) is 0 Å². The zero-order chi connectivity index (χ0) is 13.4. The van der Waals surface area contributed by atoms with Crippen molar-refractivity contribution < 1.29 is 9.53 Å². The molecule has 1 heterocycles. The Kier molecular flexibility index (Phi) is 3.52. The second kappa shape index (κ2) is 5.16. The lowest BCUT2D eigenvalue weighted by Crippen LogP contribution is -2.34. The van der Waals surface area contributed by atoms with E-state index in [4.69, 9.17) is 4.74 Å². The molecule has 3 nitrogen and oxygen atoms in total. The summed E-state index contributed by atoms with van der Waals surface area (Å²) in [5, 5.41) is 0. The predicted molar refractivity (Wildman–Crippen MR) is 77.4 cm³/mol. The third-order valence-corrected chi connectivity index (χ3v) is 4.80. The number of carbonyl (C=O) groups is 1. The van der Waals surface area contributed by atoms with Gasteiger partial charge in [-0.2, -0.15) is 0 Å². The predicted octanol–water partition coefficient (Wildman–Crippen LogP) is 2.79. The molecule has 2 aliphatic rings. The van der Waals surface area contributed by atoms with Crippen LogP contribution in [0.4, 0.5) is 0 Å². The van der Waals surface area contributed by atoms with Crippen LogP contribution in [0.15, 0.2) is 16.6 Å². The summed E-state index contributed by atoms with van der Waals surface area (Å²) in [4.78, 5) is 14.2. The normalized spacial score (nSPS) is 18.7. The maximum absolute atomic E-state index is 12.2. The minimum Gasteiger partial charge on any atom is -0.496 e. The number of amides is 1. The van der Waals surface area contributed by atoms with Crippen LogP contribution in [0.5, 0.6) is 5.75 Å². The zero-order valence-electron chi connectivity index (χ0n) is 11.1. The number of rotatable bonds is 2. The van der Waals surface area contributed by atoms with Gasteiger partial charge in [-0.1, -0.05) is 15.9 Å². The molecule has 0 bridgehead atoms. The minimum atomic E-state index is 0.312. The van der Waals surface area contributed by atoms with Crippen molar-refractivity contribution in [2.75, 3.05) is 20.2 Å². The number of fused-ring (bicyclic) bond motifs is 1. The Morgan fingerprint density at radius 1 is 1.26 bits per heavy atom. The monoisotopic (exact) mass is 323 g/mol. The van der Waals surface area contributed by atoms with E-state index >= 15 is 0 Å². The lowest BCUT2D eigenvalue weighted by Gasteiger charge is -2.19. The highest BCUT2D eigenvalue weighted by molar-refractivity contribution is 9.10. The highest BCUT2D eigenvalue weighted by atomic mass is 79.9. The van der Waals surface area contributed by atoms with Gasteiger partial charge in [0.25, 0.3) is 0 Å². The van der Waals surface area contributed by atoms with E-state index in [0.717, 1.165) is 49.0 Å². The van der Waals surface area contributed by atoms with Gasteiger partial charge in [0, 0.05) is 29.0 Å². The Bertz CT molecular complexity index is 511. The molecule has 4 heteroatoms.